The van der Waals surface area contributed by atoms with Crippen LogP contribution in [0, 0.1) is 11.8 Å². The molecule has 4 aliphatic rings. The summed E-state index contributed by atoms with van der Waals surface area (Å²) in [6, 6.07) is 26.9. The Morgan fingerprint density at radius 3 is 1.97 bits per heavy atom. The molecule has 1 saturated heterocycles. The number of rotatable bonds is 3. The fourth-order valence-corrected chi connectivity index (χ4v) is 6.32. The van der Waals surface area contributed by atoms with Crippen LogP contribution < -0.4 is 0 Å². The van der Waals surface area contributed by atoms with Gasteiger partial charge >= 0.3 is 0 Å². The Bertz CT molecular complexity index is 1130. The SMILES string of the molecule is CC12c3ccccc3C(c3ccccc31)[C@H]1C(=O)N(CCc3ccccc3)C(=O)[C@H]12. The van der Waals surface area contributed by atoms with Crippen molar-refractivity contribution in [1.82, 2.24) is 4.90 Å². The number of amides is 2. The highest BCUT2D eigenvalue weighted by atomic mass is 16.2. The molecule has 3 aromatic rings. The monoisotopic (exact) mass is 393 g/mol. The van der Waals surface area contributed by atoms with E-state index in [4.69, 9.17) is 0 Å². The van der Waals surface area contributed by atoms with Crippen LogP contribution in [0.25, 0.3) is 0 Å². The summed E-state index contributed by atoms with van der Waals surface area (Å²) in [7, 11) is 0. The molecular weight excluding hydrogens is 370 g/mol. The zero-order valence-electron chi connectivity index (χ0n) is 16.9. The van der Waals surface area contributed by atoms with Crippen LogP contribution in [0.15, 0.2) is 78.9 Å². The van der Waals surface area contributed by atoms with E-state index in [1.807, 2.05) is 18.2 Å². The van der Waals surface area contributed by atoms with Crippen molar-refractivity contribution in [3.8, 4) is 0 Å². The molecule has 3 heteroatoms. The smallest absolute Gasteiger partial charge is 0.234 e. The second-order valence-corrected chi connectivity index (χ2v) is 8.92. The molecule has 0 spiro atoms. The summed E-state index contributed by atoms with van der Waals surface area (Å²) in [5.41, 5.74) is 5.52. The standard InChI is InChI=1S/C27H23NO2/c1-27-20-13-7-5-11-18(20)22(19-12-6-8-14-21(19)27)23-24(27)26(30)28(25(23)29)16-15-17-9-3-2-4-10-17/h2-14,22-24H,15-16H2,1H3/t22?,23-,24+,27?/m1/s1. The molecule has 3 nitrogen and oxygen atoms in total. The Kier molecular flexibility index (Phi) is 3.62. The van der Waals surface area contributed by atoms with E-state index in [1.54, 1.807) is 4.90 Å². The van der Waals surface area contributed by atoms with Gasteiger partial charge in [-0.15, -0.1) is 0 Å². The second kappa shape index (κ2) is 6.15. The molecule has 2 atom stereocenters. The van der Waals surface area contributed by atoms with Gasteiger partial charge in [-0.25, -0.2) is 0 Å². The summed E-state index contributed by atoms with van der Waals surface area (Å²) in [5.74, 6) is -0.667. The van der Waals surface area contributed by atoms with Gasteiger partial charge in [-0.2, -0.15) is 0 Å². The summed E-state index contributed by atoms with van der Waals surface area (Å²) in [4.78, 5) is 28.9. The third-order valence-corrected chi connectivity index (χ3v) is 7.60. The van der Waals surface area contributed by atoms with E-state index < -0.39 is 5.41 Å². The molecule has 1 heterocycles. The molecule has 30 heavy (non-hydrogen) atoms. The maximum Gasteiger partial charge on any atom is 0.234 e. The molecular formula is C27H23NO2. The maximum atomic E-state index is 13.7. The predicted octanol–water partition coefficient (Wildman–Crippen LogP) is 4.30. The first-order chi connectivity index (χ1) is 14.6. The van der Waals surface area contributed by atoms with Crippen LogP contribution >= 0.6 is 0 Å². The molecule has 0 saturated carbocycles. The maximum absolute atomic E-state index is 13.7. The van der Waals surface area contributed by atoms with Crippen LogP contribution in [0.1, 0.15) is 40.7 Å². The summed E-state index contributed by atoms with van der Waals surface area (Å²) < 4.78 is 0. The number of carbonyl (C=O) groups is 2. The second-order valence-electron chi connectivity index (χ2n) is 8.92. The third kappa shape index (κ3) is 2.10. The molecule has 148 valence electrons. The molecule has 1 fully saturated rings. The van der Waals surface area contributed by atoms with Crippen LogP contribution in [0.2, 0.25) is 0 Å². The quantitative estimate of drug-likeness (QED) is 0.623. The molecule has 0 N–H and O–H groups in total. The first kappa shape index (κ1) is 17.6. The van der Waals surface area contributed by atoms with Gasteiger partial charge in [0, 0.05) is 17.9 Å². The van der Waals surface area contributed by atoms with Gasteiger partial charge in [0.1, 0.15) is 0 Å². The number of carbonyl (C=O) groups excluding carboxylic acids is 2. The van der Waals surface area contributed by atoms with E-state index in [0.717, 1.165) is 5.56 Å². The largest absolute Gasteiger partial charge is 0.282 e. The van der Waals surface area contributed by atoms with E-state index in [0.29, 0.717) is 13.0 Å². The lowest BCUT2D eigenvalue weighted by Gasteiger charge is -2.52. The Balaban J connectivity index is 1.46. The summed E-state index contributed by atoms with van der Waals surface area (Å²) in [6.07, 6.45) is 0.693. The Labute approximate surface area is 176 Å². The molecule has 0 unspecified atom stereocenters. The Hall–Kier alpha value is -3.20. The predicted molar refractivity (Wildman–Crippen MR) is 115 cm³/mol. The lowest BCUT2D eigenvalue weighted by atomic mass is 9.48. The summed E-state index contributed by atoms with van der Waals surface area (Å²) >= 11 is 0. The molecule has 0 radical (unpaired) electrons. The Morgan fingerprint density at radius 2 is 1.33 bits per heavy atom. The fourth-order valence-electron chi connectivity index (χ4n) is 6.32. The minimum Gasteiger partial charge on any atom is -0.282 e. The lowest BCUT2D eigenvalue weighted by Crippen LogP contribution is -2.51. The van der Waals surface area contributed by atoms with Crippen molar-refractivity contribution in [2.45, 2.75) is 24.7 Å². The van der Waals surface area contributed by atoms with Gasteiger partial charge < -0.3 is 0 Å². The number of hydrogen-bond donors (Lipinski definition) is 0. The van der Waals surface area contributed by atoms with Crippen molar-refractivity contribution in [1.29, 1.82) is 0 Å². The molecule has 3 aromatic carbocycles. The van der Waals surface area contributed by atoms with E-state index >= 15 is 0 Å². The van der Waals surface area contributed by atoms with E-state index in [9.17, 15) is 9.59 Å². The number of benzene rings is 3. The van der Waals surface area contributed by atoms with E-state index in [1.165, 1.54) is 22.3 Å². The topological polar surface area (TPSA) is 37.4 Å². The van der Waals surface area contributed by atoms with Crippen molar-refractivity contribution < 1.29 is 9.59 Å². The molecule has 3 aliphatic carbocycles. The van der Waals surface area contributed by atoms with E-state index in [2.05, 4.69) is 67.6 Å². The van der Waals surface area contributed by atoms with Crippen LogP contribution in [0.4, 0.5) is 0 Å². The fraction of sp³-hybridized carbons (Fsp3) is 0.259. The first-order valence-electron chi connectivity index (χ1n) is 10.7. The van der Waals surface area contributed by atoms with Crippen molar-refractivity contribution in [3.63, 3.8) is 0 Å². The van der Waals surface area contributed by atoms with Crippen LogP contribution in [0.3, 0.4) is 0 Å². The zero-order chi connectivity index (χ0) is 20.5. The highest BCUT2D eigenvalue weighted by Gasteiger charge is 2.66. The highest BCUT2D eigenvalue weighted by molar-refractivity contribution is 6.08. The van der Waals surface area contributed by atoms with Crippen molar-refractivity contribution >= 4 is 11.8 Å². The van der Waals surface area contributed by atoms with Crippen molar-refractivity contribution in [3.05, 3.63) is 107 Å². The van der Waals surface area contributed by atoms with Gasteiger partial charge in [-0.05, 0) is 34.2 Å². The van der Waals surface area contributed by atoms with Crippen molar-refractivity contribution in [2.75, 3.05) is 6.54 Å². The average Bonchev–Trinajstić information content (AvgIpc) is 3.05. The normalized spacial score (nSPS) is 28.3. The highest BCUT2D eigenvalue weighted by Crippen LogP contribution is 2.63. The Morgan fingerprint density at radius 1 is 0.767 bits per heavy atom. The van der Waals surface area contributed by atoms with Crippen LogP contribution in [-0.4, -0.2) is 23.3 Å². The number of likely N-dealkylation sites (tertiary alicyclic amines) is 1. The molecule has 2 amide bonds. The number of hydrogen-bond acceptors (Lipinski definition) is 2. The molecule has 0 aromatic heterocycles. The minimum atomic E-state index is -0.471. The zero-order valence-corrected chi connectivity index (χ0v) is 16.9. The minimum absolute atomic E-state index is 0.00108. The third-order valence-electron chi connectivity index (χ3n) is 7.60. The molecule has 1 aliphatic heterocycles. The first-order valence-corrected chi connectivity index (χ1v) is 10.7. The lowest BCUT2D eigenvalue weighted by molar-refractivity contribution is -0.140. The van der Waals surface area contributed by atoms with Gasteiger partial charge in [-0.1, -0.05) is 85.8 Å². The summed E-state index contributed by atoms with van der Waals surface area (Å²) in [5, 5.41) is 0. The number of imide groups is 1. The van der Waals surface area contributed by atoms with Gasteiger partial charge in [0.25, 0.3) is 0 Å². The van der Waals surface area contributed by atoms with Crippen LogP contribution in [0.5, 0.6) is 0 Å². The average molecular weight is 393 g/mol. The van der Waals surface area contributed by atoms with Gasteiger partial charge in [0.05, 0.1) is 11.8 Å². The summed E-state index contributed by atoms with van der Waals surface area (Å²) in [6.45, 7) is 2.62. The molecule has 7 rings (SSSR count). The van der Waals surface area contributed by atoms with Crippen molar-refractivity contribution in [2.24, 2.45) is 11.8 Å². The number of nitrogens with zero attached hydrogens (tertiary/aromatic N) is 1. The molecule has 2 bridgehead atoms. The van der Waals surface area contributed by atoms with Gasteiger partial charge in [0.2, 0.25) is 11.8 Å². The van der Waals surface area contributed by atoms with Gasteiger partial charge in [-0.3, -0.25) is 14.5 Å². The van der Waals surface area contributed by atoms with Crippen LogP contribution in [-0.2, 0) is 21.4 Å². The van der Waals surface area contributed by atoms with E-state index in [-0.39, 0.29) is 29.6 Å². The van der Waals surface area contributed by atoms with Gasteiger partial charge in [0.15, 0.2) is 0 Å².